The summed E-state index contributed by atoms with van der Waals surface area (Å²) in [4.78, 5) is 4.31. The maximum atomic E-state index is 4.31. The molecule has 0 unspecified atom stereocenters. The minimum Gasteiger partial charge on any atom is -0.262 e. The lowest BCUT2D eigenvalue weighted by molar-refractivity contribution is -0.752. The smallest absolute Gasteiger partial charge is 0.177 e. The van der Waals surface area contributed by atoms with Gasteiger partial charge in [-0.05, 0) is 30.7 Å². The lowest BCUT2D eigenvalue weighted by Gasteiger charge is -2.15. The van der Waals surface area contributed by atoms with Crippen LogP contribution in [-0.2, 0) is 5.54 Å². The minimum absolute atomic E-state index is 0.0564. The average Bonchev–Trinajstić information content (AvgIpc) is 2.45. The van der Waals surface area contributed by atoms with Crippen LogP contribution in [0.25, 0.3) is 21.9 Å². The van der Waals surface area contributed by atoms with Gasteiger partial charge in [-0.1, -0.05) is 18.2 Å². The van der Waals surface area contributed by atoms with E-state index in [4.69, 9.17) is 0 Å². The van der Waals surface area contributed by atoms with Gasteiger partial charge in [-0.25, -0.2) is 0 Å². The number of aromatic nitrogens is 2. The molecule has 0 N–H and O–H groups in total. The number of nitrogens with zero attached hydrogens (tertiary/aromatic N) is 2. The van der Waals surface area contributed by atoms with Crippen molar-refractivity contribution >= 4 is 10.8 Å². The van der Waals surface area contributed by atoms with Crippen LogP contribution in [0.2, 0.25) is 0 Å². The van der Waals surface area contributed by atoms with E-state index in [9.17, 15) is 0 Å². The first-order chi connectivity index (χ1) is 9.95. The molecule has 21 heavy (non-hydrogen) atoms. The average molecular weight is 277 g/mol. The molecule has 0 spiro atoms. The van der Waals surface area contributed by atoms with Crippen molar-refractivity contribution in [1.29, 1.82) is 0 Å². The van der Waals surface area contributed by atoms with Gasteiger partial charge >= 0.3 is 0 Å². The van der Waals surface area contributed by atoms with E-state index in [-0.39, 0.29) is 5.54 Å². The van der Waals surface area contributed by atoms with Gasteiger partial charge in [0.05, 0.1) is 5.56 Å². The molecule has 3 rings (SSSR count). The van der Waals surface area contributed by atoms with Gasteiger partial charge in [0.1, 0.15) is 0 Å². The van der Waals surface area contributed by atoms with Crippen LogP contribution in [0.3, 0.4) is 0 Å². The van der Waals surface area contributed by atoms with Crippen LogP contribution in [-0.4, -0.2) is 4.98 Å². The second-order valence-electron chi connectivity index (χ2n) is 6.52. The van der Waals surface area contributed by atoms with Crippen molar-refractivity contribution in [3.05, 3.63) is 60.7 Å². The predicted molar refractivity (Wildman–Crippen MR) is 87.1 cm³/mol. The molecule has 0 radical (unpaired) electrons. The lowest BCUT2D eigenvalue weighted by atomic mass is 9.99. The SMILES string of the molecule is Cc1cc(-c2c[n+](C(C)(C)C)cc3ccccc23)ccn1. The van der Waals surface area contributed by atoms with E-state index < -0.39 is 0 Å². The third kappa shape index (κ3) is 2.66. The van der Waals surface area contributed by atoms with Crippen LogP contribution in [0.1, 0.15) is 26.5 Å². The molecule has 2 nitrogen and oxygen atoms in total. The van der Waals surface area contributed by atoms with E-state index in [0.29, 0.717) is 0 Å². The third-order valence-corrected chi connectivity index (χ3v) is 3.78. The highest BCUT2D eigenvalue weighted by Gasteiger charge is 2.23. The van der Waals surface area contributed by atoms with Crippen LogP contribution in [0.15, 0.2) is 55.0 Å². The minimum atomic E-state index is 0.0564. The fourth-order valence-corrected chi connectivity index (χ4v) is 2.58. The Kier molecular flexibility index (Phi) is 3.25. The van der Waals surface area contributed by atoms with Crippen molar-refractivity contribution in [2.24, 2.45) is 0 Å². The monoisotopic (exact) mass is 277 g/mol. The van der Waals surface area contributed by atoms with Crippen LogP contribution >= 0.6 is 0 Å². The van der Waals surface area contributed by atoms with Crippen molar-refractivity contribution < 1.29 is 4.57 Å². The van der Waals surface area contributed by atoms with Crippen molar-refractivity contribution in [2.45, 2.75) is 33.2 Å². The number of pyridine rings is 2. The molecule has 3 aromatic rings. The molecule has 0 aliphatic heterocycles. The maximum absolute atomic E-state index is 4.31. The summed E-state index contributed by atoms with van der Waals surface area (Å²) in [5.74, 6) is 0. The van der Waals surface area contributed by atoms with E-state index in [0.717, 1.165) is 5.69 Å². The molecule has 2 aromatic heterocycles. The van der Waals surface area contributed by atoms with Gasteiger partial charge in [-0.2, -0.15) is 4.57 Å². The van der Waals surface area contributed by atoms with E-state index in [1.54, 1.807) is 0 Å². The topological polar surface area (TPSA) is 16.8 Å². The van der Waals surface area contributed by atoms with E-state index in [1.165, 1.54) is 21.9 Å². The second-order valence-corrected chi connectivity index (χ2v) is 6.52. The summed E-state index contributed by atoms with van der Waals surface area (Å²) < 4.78 is 2.29. The molecule has 0 aliphatic carbocycles. The molecule has 106 valence electrons. The highest BCUT2D eigenvalue weighted by molar-refractivity contribution is 5.95. The van der Waals surface area contributed by atoms with Crippen LogP contribution in [0, 0.1) is 6.92 Å². The summed E-state index contributed by atoms with van der Waals surface area (Å²) in [7, 11) is 0. The van der Waals surface area contributed by atoms with Crippen molar-refractivity contribution in [3.8, 4) is 11.1 Å². The highest BCUT2D eigenvalue weighted by atomic mass is 15.0. The number of hydrogen-bond donors (Lipinski definition) is 0. The van der Waals surface area contributed by atoms with E-state index >= 15 is 0 Å². The highest BCUT2D eigenvalue weighted by Crippen LogP contribution is 2.27. The number of fused-ring (bicyclic) bond motifs is 1. The Morgan fingerprint density at radius 1 is 1.00 bits per heavy atom. The standard InChI is InChI=1S/C19H21N2/c1-14-11-15(9-10-20-14)18-13-21(19(2,3)4)12-16-7-5-6-8-17(16)18/h5-13H,1-4H3/q+1. The summed E-state index contributed by atoms with van der Waals surface area (Å²) >= 11 is 0. The molecule has 0 aliphatic rings. The molecular weight excluding hydrogens is 256 g/mol. The summed E-state index contributed by atoms with van der Waals surface area (Å²) in [6.45, 7) is 8.71. The zero-order valence-electron chi connectivity index (χ0n) is 13.1. The van der Waals surface area contributed by atoms with Crippen molar-refractivity contribution in [3.63, 3.8) is 0 Å². The Morgan fingerprint density at radius 3 is 2.48 bits per heavy atom. The zero-order chi connectivity index (χ0) is 15.0. The summed E-state index contributed by atoms with van der Waals surface area (Å²) in [5.41, 5.74) is 3.58. The summed E-state index contributed by atoms with van der Waals surface area (Å²) in [6, 6.07) is 12.8. The molecule has 0 saturated carbocycles. The van der Waals surface area contributed by atoms with Crippen LogP contribution in [0.5, 0.6) is 0 Å². The number of benzene rings is 1. The fourth-order valence-electron chi connectivity index (χ4n) is 2.58. The molecule has 0 bridgehead atoms. The normalized spacial score (nSPS) is 11.8. The first-order valence-electron chi connectivity index (χ1n) is 7.33. The molecule has 2 heteroatoms. The van der Waals surface area contributed by atoms with Gasteiger partial charge in [0.15, 0.2) is 17.9 Å². The van der Waals surface area contributed by atoms with E-state index in [1.807, 2.05) is 13.1 Å². The Morgan fingerprint density at radius 2 is 1.76 bits per heavy atom. The summed E-state index contributed by atoms with van der Waals surface area (Å²) in [6.07, 6.45) is 6.36. The second kappa shape index (κ2) is 4.96. The molecule has 0 fully saturated rings. The predicted octanol–water partition coefficient (Wildman–Crippen LogP) is 4.25. The number of hydrogen-bond acceptors (Lipinski definition) is 1. The number of rotatable bonds is 1. The van der Waals surface area contributed by atoms with Gasteiger partial charge in [-0.3, -0.25) is 4.98 Å². The Balaban J connectivity index is 2.34. The first kappa shape index (κ1) is 13.7. The summed E-state index contributed by atoms with van der Waals surface area (Å²) in [5, 5.41) is 2.54. The van der Waals surface area contributed by atoms with Gasteiger partial charge < -0.3 is 0 Å². The fraction of sp³-hybridized carbons (Fsp3) is 0.263. The van der Waals surface area contributed by atoms with E-state index in [2.05, 4.69) is 79.1 Å². The van der Waals surface area contributed by atoms with Crippen molar-refractivity contribution in [2.75, 3.05) is 0 Å². The zero-order valence-corrected chi connectivity index (χ0v) is 13.1. The molecule has 1 aromatic carbocycles. The van der Waals surface area contributed by atoms with Gasteiger partial charge in [0.25, 0.3) is 0 Å². The molecule has 2 heterocycles. The molecule has 0 amide bonds. The van der Waals surface area contributed by atoms with Crippen molar-refractivity contribution in [1.82, 2.24) is 4.98 Å². The van der Waals surface area contributed by atoms with Gasteiger partial charge in [0, 0.05) is 43.4 Å². The number of aryl methyl sites for hydroxylation is 1. The van der Waals surface area contributed by atoms with Crippen LogP contribution < -0.4 is 4.57 Å². The molecule has 0 atom stereocenters. The quantitative estimate of drug-likeness (QED) is 0.607. The third-order valence-electron chi connectivity index (χ3n) is 3.78. The first-order valence-corrected chi connectivity index (χ1v) is 7.33. The molecule has 0 saturated heterocycles. The Labute approximate surface area is 126 Å². The largest absolute Gasteiger partial charge is 0.262 e. The molecular formula is C19H21N2+. The maximum Gasteiger partial charge on any atom is 0.177 e. The Hall–Kier alpha value is -2.22. The van der Waals surface area contributed by atoms with Gasteiger partial charge in [0.2, 0.25) is 0 Å². The Bertz CT molecular complexity index is 798. The van der Waals surface area contributed by atoms with Gasteiger partial charge in [-0.15, -0.1) is 0 Å². The lowest BCUT2D eigenvalue weighted by Crippen LogP contribution is -2.49. The van der Waals surface area contributed by atoms with Crippen LogP contribution in [0.4, 0.5) is 0 Å².